The van der Waals surface area contributed by atoms with Gasteiger partial charge in [-0.05, 0) is 31.6 Å². The van der Waals surface area contributed by atoms with Crippen molar-refractivity contribution in [2.24, 2.45) is 5.92 Å². The van der Waals surface area contributed by atoms with Gasteiger partial charge in [-0.3, -0.25) is 0 Å². The van der Waals surface area contributed by atoms with Gasteiger partial charge in [-0.25, -0.2) is 0 Å². The quantitative estimate of drug-likeness (QED) is 0.551. The number of aliphatic hydroxyl groups excluding tert-OH is 1. The van der Waals surface area contributed by atoms with Crippen LogP contribution in [0.25, 0.3) is 0 Å². The smallest absolute Gasteiger partial charge is 0.113 e. The zero-order valence-corrected chi connectivity index (χ0v) is 15.6. The van der Waals surface area contributed by atoms with Crippen molar-refractivity contribution >= 4 is 0 Å². The second-order valence-corrected chi connectivity index (χ2v) is 6.85. The van der Waals surface area contributed by atoms with E-state index in [0.29, 0.717) is 19.1 Å². The molecule has 3 unspecified atom stereocenters. The maximum Gasteiger partial charge on any atom is 0.113 e. The van der Waals surface area contributed by atoms with E-state index in [9.17, 15) is 5.11 Å². The van der Waals surface area contributed by atoms with Gasteiger partial charge in [-0.1, -0.05) is 47.0 Å². The van der Waals surface area contributed by atoms with Crippen molar-refractivity contribution in [2.75, 3.05) is 19.8 Å². The molecule has 0 radical (unpaired) electrons. The van der Waals surface area contributed by atoms with Crippen LogP contribution < -0.4 is 0 Å². The second-order valence-electron chi connectivity index (χ2n) is 6.85. The molecule has 0 aromatic heterocycles. The molecule has 0 saturated heterocycles. The summed E-state index contributed by atoms with van der Waals surface area (Å²) < 4.78 is 18.3. The Bertz CT molecular complexity index is 263. The third-order valence-electron chi connectivity index (χ3n) is 4.63. The lowest BCUT2D eigenvalue weighted by atomic mass is 9.81. The van der Waals surface area contributed by atoms with Crippen LogP contribution in [0.4, 0.5) is 0 Å². The average Bonchev–Trinajstić information content (AvgIpc) is 2.53. The molecule has 23 heavy (non-hydrogen) atoms. The lowest BCUT2D eigenvalue weighted by molar-refractivity contribution is -0.208. The highest BCUT2D eigenvalue weighted by atomic mass is 16.6. The average molecular weight is 331 g/mol. The van der Waals surface area contributed by atoms with Gasteiger partial charge in [0.15, 0.2) is 0 Å². The van der Waals surface area contributed by atoms with Crippen LogP contribution in [0.15, 0.2) is 0 Å². The fourth-order valence-corrected chi connectivity index (χ4v) is 3.12. The van der Waals surface area contributed by atoms with E-state index < -0.39 is 6.10 Å². The van der Waals surface area contributed by atoms with Gasteiger partial charge in [0.2, 0.25) is 0 Å². The van der Waals surface area contributed by atoms with E-state index in [1.807, 2.05) is 0 Å². The molecule has 4 nitrogen and oxygen atoms in total. The van der Waals surface area contributed by atoms with Crippen LogP contribution >= 0.6 is 0 Å². The summed E-state index contributed by atoms with van der Waals surface area (Å²) in [6.45, 7) is 10.8. The maximum atomic E-state index is 10.5. The molecule has 138 valence electrons. The predicted octanol–water partition coefficient (Wildman–Crippen LogP) is 3.94. The van der Waals surface area contributed by atoms with Crippen LogP contribution in [0.1, 0.15) is 72.6 Å². The van der Waals surface area contributed by atoms with E-state index in [4.69, 9.17) is 14.2 Å². The van der Waals surface area contributed by atoms with Crippen molar-refractivity contribution in [2.45, 2.75) is 97.1 Å². The minimum atomic E-state index is -0.459. The minimum Gasteiger partial charge on any atom is -0.390 e. The Morgan fingerprint density at radius 3 is 1.65 bits per heavy atom. The molecule has 1 rings (SSSR count). The minimum absolute atomic E-state index is 0.0217. The van der Waals surface area contributed by atoms with Crippen LogP contribution in [0.3, 0.4) is 0 Å². The van der Waals surface area contributed by atoms with Crippen LogP contribution in [-0.2, 0) is 14.2 Å². The highest BCUT2D eigenvalue weighted by molar-refractivity contribution is 4.94. The first-order valence-electron chi connectivity index (χ1n) is 9.68. The Morgan fingerprint density at radius 2 is 1.17 bits per heavy atom. The Balaban J connectivity index is 2.71. The molecule has 1 aliphatic carbocycles. The highest BCUT2D eigenvalue weighted by Gasteiger charge is 2.44. The molecule has 5 atom stereocenters. The normalized spacial score (nSPS) is 31.4. The lowest BCUT2D eigenvalue weighted by Gasteiger charge is -2.43. The van der Waals surface area contributed by atoms with Crippen LogP contribution in [0.2, 0.25) is 0 Å². The van der Waals surface area contributed by atoms with Crippen molar-refractivity contribution in [1.82, 2.24) is 0 Å². The first-order valence-corrected chi connectivity index (χ1v) is 9.68. The number of rotatable bonds is 12. The Hall–Kier alpha value is -0.160. The lowest BCUT2D eigenvalue weighted by Crippen LogP contribution is -2.56. The Kier molecular flexibility index (Phi) is 11.1. The van der Waals surface area contributed by atoms with Gasteiger partial charge in [0.05, 0.1) is 12.2 Å². The molecule has 0 amide bonds. The molecule has 0 aliphatic heterocycles. The van der Waals surface area contributed by atoms with E-state index in [-0.39, 0.29) is 18.3 Å². The maximum absolute atomic E-state index is 10.5. The Morgan fingerprint density at radius 1 is 0.739 bits per heavy atom. The van der Waals surface area contributed by atoms with Crippen molar-refractivity contribution in [1.29, 1.82) is 0 Å². The zero-order valence-electron chi connectivity index (χ0n) is 15.6. The van der Waals surface area contributed by atoms with Gasteiger partial charge in [0.25, 0.3) is 0 Å². The fourth-order valence-electron chi connectivity index (χ4n) is 3.12. The van der Waals surface area contributed by atoms with Gasteiger partial charge in [-0.2, -0.15) is 0 Å². The number of aliphatic hydroxyl groups is 1. The molecule has 0 bridgehead atoms. The summed E-state index contributed by atoms with van der Waals surface area (Å²) >= 11 is 0. The summed E-state index contributed by atoms with van der Waals surface area (Å²) in [6, 6.07) is 0. The van der Waals surface area contributed by atoms with Gasteiger partial charge >= 0.3 is 0 Å². The molecular formula is C19H38O4. The van der Waals surface area contributed by atoms with Crippen molar-refractivity contribution < 1.29 is 19.3 Å². The first kappa shape index (κ1) is 20.9. The summed E-state index contributed by atoms with van der Waals surface area (Å²) in [6.07, 6.45) is 6.30. The molecular weight excluding hydrogens is 292 g/mol. The summed E-state index contributed by atoms with van der Waals surface area (Å²) in [4.78, 5) is 0. The third kappa shape index (κ3) is 7.08. The Labute approximate surface area is 142 Å². The van der Waals surface area contributed by atoms with Crippen LogP contribution in [0, 0.1) is 5.92 Å². The van der Waals surface area contributed by atoms with E-state index >= 15 is 0 Å². The first-order chi connectivity index (χ1) is 11.2. The van der Waals surface area contributed by atoms with E-state index in [1.165, 1.54) is 0 Å². The predicted molar refractivity (Wildman–Crippen MR) is 93.7 cm³/mol. The van der Waals surface area contributed by atoms with E-state index in [1.54, 1.807) is 0 Å². The molecule has 1 fully saturated rings. The van der Waals surface area contributed by atoms with E-state index in [0.717, 1.165) is 51.6 Å². The van der Waals surface area contributed by atoms with Crippen molar-refractivity contribution in [3.63, 3.8) is 0 Å². The molecule has 0 heterocycles. The highest BCUT2D eigenvalue weighted by Crippen LogP contribution is 2.32. The second kappa shape index (κ2) is 12.2. The monoisotopic (exact) mass is 330 g/mol. The van der Waals surface area contributed by atoms with Crippen LogP contribution in [0.5, 0.6) is 0 Å². The number of unbranched alkanes of at least 4 members (excludes halogenated alkanes) is 3. The molecule has 1 aliphatic rings. The largest absolute Gasteiger partial charge is 0.390 e. The zero-order chi connectivity index (χ0) is 17.1. The summed E-state index contributed by atoms with van der Waals surface area (Å²) in [5.41, 5.74) is 0. The van der Waals surface area contributed by atoms with E-state index in [2.05, 4.69) is 27.7 Å². The SMILES string of the molecule is CCCCOC1C(OCCCC)[C@@H](O)CC(C)[C@@H]1OCCCC. The van der Waals surface area contributed by atoms with Crippen molar-refractivity contribution in [3.8, 4) is 0 Å². The number of ether oxygens (including phenoxy) is 3. The molecule has 0 spiro atoms. The van der Waals surface area contributed by atoms with Gasteiger partial charge in [-0.15, -0.1) is 0 Å². The molecule has 0 aromatic carbocycles. The number of hydrogen-bond acceptors (Lipinski definition) is 4. The van der Waals surface area contributed by atoms with Gasteiger partial charge in [0.1, 0.15) is 12.2 Å². The standard InChI is InChI=1S/C19H38O4/c1-5-8-11-21-17-15(4)14-16(20)18(22-12-9-6-2)19(17)23-13-10-7-3/h15-20H,5-14H2,1-4H3/t15?,16-,17-,18?,19?/m0/s1. The molecule has 1 N–H and O–H groups in total. The topological polar surface area (TPSA) is 47.9 Å². The van der Waals surface area contributed by atoms with Crippen LogP contribution in [-0.4, -0.2) is 49.3 Å². The summed E-state index contributed by atoms with van der Waals surface area (Å²) in [7, 11) is 0. The third-order valence-corrected chi connectivity index (χ3v) is 4.63. The number of hydrogen-bond donors (Lipinski definition) is 1. The summed E-state index contributed by atoms with van der Waals surface area (Å²) in [5, 5.41) is 10.5. The van der Waals surface area contributed by atoms with Gasteiger partial charge in [0, 0.05) is 19.8 Å². The summed E-state index contributed by atoms with van der Waals surface area (Å²) in [5.74, 6) is 0.291. The molecule has 1 saturated carbocycles. The fraction of sp³-hybridized carbons (Fsp3) is 1.00. The molecule has 0 aromatic rings. The molecule has 4 heteroatoms. The van der Waals surface area contributed by atoms with Crippen molar-refractivity contribution in [3.05, 3.63) is 0 Å². The van der Waals surface area contributed by atoms with Gasteiger partial charge < -0.3 is 19.3 Å².